The summed E-state index contributed by atoms with van der Waals surface area (Å²) >= 11 is 0. The number of pyridine rings is 1. The quantitative estimate of drug-likeness (QED) is 0.670. The molecule has 0 spiro atoms. The van der Waals surface area contributed by atoms with Crippen LogP contribution in [0.25, 0.3) is 11.0 Å². The van der Waals surface area contributed by atoms with Gasteiger partial charge in [-0.2, -0.15) is 0 Å². The monoisotopic (exact) mass is 415 g/mol. The van der Waals surface area contributed by atoms with Crippen LogP contribution < -0.4 is 5.32 Å². The van der Waals surface area contributed by atoms with Crippen molar-refractivity contribution in [2.24, 2.45) is 5.92 Å². The van der Waals surface area contributed by atoms with Gasteiger partial charge < -0.3 is 14.8 Å². The van der Waals surface area contributed by atoms with E-state index in [4.69, 9.17) is 0 Å². The smallest absolute Gasteiger partial charge is 0.246 e. The van der Waals surface area contributed by atoms with Gasteiger partial charge in [-0.25, -0.2) is 18.7 Å². The van der Waals surface area contributed by atoms with E-state index in [1.165, 1.54) is 22.8 Å². The Morgan fingerprint density at radius 2 is 1.87 bits per heavy atom. The lowest BCUT2D eigenvalue weighted by Crippen LogP contribution is -2.41. The number of halogens is 2. The highest BCUT2D eigenvalue weighted by atomic mass is 19.2. The molecule has 2 aromatic heterocycles. The molecule has 9 heteroatoms. The number of nitrogens with zero attached hydrogens (tertiary/aromatic N) is 4. The lowest BCUT2D eigenvalue weighted by molar-refractivity contribution is -0.137. The fourth-order valence-electron chi connectivity index (χ4n) is 3.28. The number of carbonyl (C=O) groups is 2. The molecular weight excluding hydrogens is 392 g/mol. The average molecular weight is 415 g/mol. The second kappa shape index (κ2) is 8.56. The Morgan fingerprint density at radius 3 is 2.53 bits per heavy atom. The number of amides is 2. The van der Waals surface area contributed by atoms with Crippen LogP contribution in [0.2, 0.25) is 0 Å². The largest absolute Gasteiger partial charge is 0.335 e. The Labute approximate surface area is 172 Å². The molecule has 30 heavy (non-hydrogen) atoms. The van der Waals surface area contributed by atoms with E-state index >= 15 is 0 Å². The summed E-state index contributed by atoms with van der Waals surface area (Å²) in [6, 6.07) is 4.81. The lowest BCUT2D eigenvalue weighted by atomic mass is 10.0. The maximum atomic E-state index is 13.8. The number of carbonyl (C=O) groups excluding carboxylic acids is 2. The Bertz CT molecular complexity index is 1100. The van der Waals surface area contributed by atoms with Crippen LogP contribution in [-0.4, -0.2) is 44.8 Å². The molecule has 1 N–H and O–H groups in total. The first-order valence-electron chi connectivity index (χ1n) is 9.46. The van der Waals surface area contributed by atoms with E-state index in [1.807, 2.05) is 26.8 Å². The highest BCUT2D eigenvalue weighted by Gasteiger charge is 2.29. The minimum Gasteiger partial charge on any atom is -0.335 e. The SMILES string of the molecule is Cc1ccnc(NC(=O)CN(C)C(=O)C(C(C)C)n2cnc3cc(F)c(F)cc32)c1. The third-order valence-electron chi connectivity index (χ3n) is 4.74. The molecule has 0 radical (unpaired) electrons. The van der Waals surface area contributed by atoms with Crippen LogP contribution >= 0.6 is 0 Å². The number of fused-ring (bicyclic) bond motifs is 1. The van der Waals surface area contributed by atoms with Crippen LogP contribution in [0, 0.1) is 24.5 Å². The normalized spacial score (nSPS) is 12.2. The van der Waals surface area contributed by atoms with Crippen molar-refractivity contribution in [3.63, 3.8) is 0 Å². The number of aromatic nitrogens is 3. The number of benzene rings is 1. The van der Waals surface area contributed by atoms with Gasteiger partial charge in [-0.3, -0.25) is 9.59 Å². The molecule has 3 aromatic rings. The third-order valence-corrected chi connectivity index (χ3v) is 4.74. The van der Waals surface area contributed by atoms with Gasteiger partial charge in [0.15, 0.2) is 11.6 Å². The highest BCUT2D eigenvalue weighted by Crippen LogP contribution is 2.26. The molecule has 0 fully saturated rings. The predicted octanol–water partition coefficient (Wildman–Crippen LogP) is 3.31. The van der Waals surface area contributed by atoms with E-state index in [0.29, 0.717) is 11.3 Å². The van der Waals surface area contributed by atoms with Crippen LogP contribution in [0.3, 0.4) is 0 Å². The molecule has 0 saturated carbocycles. The maximum Gasteiger partial charge on any atom is 0.246 e. The van der Waals surface area contributed by atoms with Gasteiger partial charge in [0.25, 0.3) is 0 Å². The molecule has 1 unspecified atom stereocenters. The molecule has 0 aliphatic carbocycles. The van der Waals surface area contributed by atoms with E-state index in [9.17, 15) is 18.4 Å². The summed E-state index contributed by atoms with van der Waals surface area (Å²) in [7, 11) is 1.51. The number of likely N-dealkylation sites (N-methyl/N-ethyl adjacent to an activating group) is 1. The van der Waals surface area contributed by atoms with Crippen molar-refractivity contribution in [3.05, 3.63) is 54.0 Å². The minimum atomic E-state index is -1.02. The molecule has 2 amide bonds. The Kier molecular flexibility index (Phi) is 6.09. The van der Waals surface area contributed by atoms with E-state index in [0.717, 1.165) is 17.7 Å². The summed E-state index contributed by atoms with van der Waals surface area (Å²) in [6.07, 6.45) is 2.97. The van der Waals surface area contributed by atoms with Crippen molar-refractivity contribution in [1.29, 1.82) is 0 Å². The van der Waals surface area contributed by atoms with Crippen LogP contribution in [0.15, 0.2) is 36.8 Å². The molecule has 0 aliphatic heterocycles. The fourth-order valence-corrected chi connectivity index (χ4v) is 3.28. The number of rotatable bonds is 6. The van der Waals surface area contributed by atoms with Gasteiger partial charge in [0, 0.05) is 25.4 Å². The van der Waals surface area contributed by atoms with Crippen molar-refractivity contribution in [1.82, 2.24) is 19.4 Å². The van der Waals surface area contributed by atoms with Gasteiger partial charge >= 0.3 is 0 Å². The second-order valence-corrected chi connectivity index (χ2v) is 7.56. The van der Waals surface area contributed by atoms with Gasteiger partial charge in [-0.05, 0) is 30.5 Å². The summed E-state index contributed by atoms with van der Waals surface area (Å²) in [5, 5.41) is 2.66. The summed E-state index contributed by atoms with van der Waals surface area (Å²) < 4.78 is 28.8. The van der Waals surface area contributed by atoms with Crippen LogP contribution in [0.1, 0.15) is 25.5 Å². The zero-order valence-electron chi connectivity index (χ0n) is 17.2. The minimum absolute atomic E-state index is 0.187. The molecule has 1 atom stereocenters. The number of aryl methyl sites for hydroxylation is 1. The summed E-state index contributed by atoms with van der Waals surface area (Å²) in [5.74, 6) is -2.54. The standard InChI is InChI=1S/C21H23F2N5O2/c1-12(2)20(28-11-25-16-8-14(22)15(23)9-17(16)28)21(30)27(4)10-19(29)26-18-7-13(3)5-6-24-18/h5-9,11-12,20H,10H2,1-4H3,(H,24,26,29). The first kappa shape index (κ1) is 21.4. The van der Waals surface area contributed by atoms with Gasteiger partial charge in [-0.15, -0.1) is 0 Å². The maximum absolute atomic E-state index is 13.8. The second-order valence-electron chi connectivity index (χ2n) is 7.56. The molecule has 2 heterocycles. The topological polar surface area (TPSA) is 80.1 Å². The molecule has 7 nitrogen and oxygen atoms in total. The molecule has 3 rings (SSSR count). The first-order chi connectivity index (χ1) is 14.2. The Balaban J connectivity index is 1.80. The highest BCUT2D eigenvalue weighted by molar-refractivity contribution is 5.94. The van der Waals surface area contributed by atoms with Gasteiger partial charge in [0.05, 0.1) is 23.9 Å². The van der Waals surface area contributed by atoms with Crippen molar-refractivity contribution in [2.45, 2.75) is 26.8 Å². The van der Waals surface area contributed by atoms with Crippen molar-refractivity contribution in [2.75, 3.05) is 18.9 Å². The lowest BCUT2D eigenvalue weighted by Gasteiger charge is -2.27. The zero-order chi connectivity index (χ0) is 22.0. The zero-order valence-corrected chi connectivity index (χ0v) is 17.2. The molecule has 158 valence electrons. The third kappa shape index (κ3) is 4.45. The number of anilines is 1. The van der Waals surface area contributed by atoms with Crippen molar-refractivity contribution >= 4 is 28.7 Å². The summed E-state index contributed by atoms with van der Waals surface area (Å²) in [4.78, 5) is 34.9. The van der Waals surface area contributed by atoms with Crippen molar-refractivity contribution < 1.29 is 18.4 Å². The Morgan fingerprint density at radius 1 is 1.17 bits per heavy atom. The fraction of sp³-hybridized carbons (Fsp3) is 0.333. The summed E-state index contributed by atoms with van der Waals surface area (Å²) in [6.45, 7) is 5.36. The first-order valence-corrected chi connectivity index (χ1v) is 9.46. The van der Waals surface area contributed by atoms with E-state index in [2.05, 4.69) is 15.3 Å². The number of hydrogen-bond acceptors (Lipinski definition) is 4. The molecule has 0 aliphatic rings. The molecule has 0 bridgehead atoms. The van der Waals surface area contributed by atoms with Crippen LogP contribution in [0.4, 0.5) is 14.6 Å². The van der Waals surface area contributed by atoms with Crippen molar-refractivity contribution in [3.8, 4) is 0 Å². The average Bonchev–Trinajstić information content (AvgIpc) is 3.04. The number of nitrogens with one attached hydrogen (secondary N) is 1. The van der Waals surface area contributed by atoms with Gasteiger partial charge in [0.1, 0.15) is 11.9 Å². The molecular formula is C21H23F2N5O2. The Hall–Kier alpha value is -3.36. The predicted molar refractivity (Wildman–Crippen MR) is 109 cm³/mol. The van der Waals surface area contributed by atoms with Gasteiger partial charge in [-0.1, -0.05) is 13.8 Å². The molecule has 1 aromatic carbocycles. The molecule has 0 saturated heterocycles. The van der Waals surface area contributed by atoms with E-state index in [1.54, 1.807) is 12.3 Å². The number of hydrogen-bond donors (Lipinski definition) is 1. The van der Waals surface area contributed by atoms with Crippen LogP contribution in [-0.2, 0) is 9.59 Å². The summed E-state index contributed by atoms with van der Waals surface area (Å²) in [5.41, 5.74) is 1.50. The van der Waals surface area contributed by atoms with Gasteiger partial charge in [0.2, 0.25) is 11.8 Å². The van der Waals surface area contributed by atoms with E-state index < -0.39 is 23.6 Å². The number of imidazole rings is 1. The van der Waals surface area contributed by atoms with E-state index in [-0.39, 0.29) is 23.9 Å². The van der Waals surface area contributed by atoms with Crippen LogP contribution in [0.5, 0.6) is 0 Å².